The number of hydrogen-bond donors (Lipinski definition) is 0. The second-order valence-corrected chi connectivity index (χ2v) is 22.4. The summed E-state index contributed by atoms with van der Waals surface area (Å²) in [6.07, 6.45) is 0. The minimum absolute atomic E-state index is 0.150. The lowest BCUT2D eigenvalue weighted by atomic mass is 9.65. The lowest BCUT2D eigenvalue weighted by Gasteiger charge is -2.40. The number of aromatic nitrogens is 1. The van der Waals surface area contributed by atoms with E-state index in [2.05, 4.69) is 291 Å². The summed E-state index contributed by atoms with van der Waals surface area (Å²) in [5.41, 5.74) is 27.8. The number of nitrogens with zero attached hydrogens (tertiary/aromatic N) is 3. The van der Waals surface area contributed by atoms with Crippen molar-refractivity contribution in [3.8, 4) is 39.1 Å². The van der Waals surface area contributed by atoms with Gasteiger partial charge in [0.15, 0.2) is 0 Å². The minimum atomic E-state index is -0.703. The Morgan fingerprint density at radius 3 is 1.18 bits per heavy atom. The number of benzene rings is 11. The van der Waals surface area contributed by atoms with Crippen molar-refractivity contribution in [2.75, 3.05) is 9.80 Å². The molecule has 4 aliphatic rings. The summed E-state index contributed by atoms with van der Waals surface area (Å²) in [6.45, 7) is 9.51. The summed E-state index contributed by atoms with van der Waals surface area (Å²) in [4.78, 5) is 4.97. The Hall–Kier alpha value is -9.18. The Labute approximate surface area is 444 Å². The predicted octanol–water partition coefficient (Wildman–Crippen LogP) is 19.0. The topological polar surface area (TPSA) is 11.4 Å². The fourth-order valence-corrected chi connectivity index (χ4v) is 14.6. The van der Waals surface area contributed by atoms with Gasteiger partial charge in [-0.15, -0.1) is 0 Å². The molecule has 0 bridgehead atoms. The van der Waals surface area contributed by atoms with E-state index in [1.54, 1.807) is 0 Å². The van der Waals surface area contributed by atoms with Gasteiger partial charge in [-0.1, -0.05) is 191 Å². The predicted molar refractivity (Wildman–Crippen MR) is 316 cm³/mol. The standard InChI is InChI=1S/C73H53N3/c1-71(2)60-28-14-11-24-52(60)54-38-34-48(42-64(54)71)74(46-20-7-5-8-21-46)50-36-40-56-57-41-37-51(75(47-22-9-6-10-23-47)49-35-39-55-53-25-12-15-29-61(53)72(3,4)65(55)43-49)45-67(57)73(66(56)44-50)62-30-16-18-33-69(62)76-68-32-17-13-26-58(68)59-27-19-31-63(73)70(59)76/h5-45H,1-4H3. The van der Waals surface area contributed by atoms with Crippen LogP contribution in [0.25, 0.3) is 60.9 Å². The van der Waals surface area contributed by atoms with Gasteiger partial charge in [-0.05, 0) is 163 Å². The molecule has 12 aromatic rings. The maximum atomic E-state index is 2.55. The number of hydrogen-bond acceptors (Lipinski definition) is 2. The van der Waals surface area contributed by atoms with E-state index in [1.165, 1.54) is 105 Å². The summed E-state index contributed by atoms with van der Waals surface area (Å²) in [6, 6.07) is 94.0. The van der Waals surface area contributed by atoms with Gasteiger partial charge in [-0.2, -0.15) is 0 Å². The van der Waals surface area contributed by atoms with Crippen LogP contribution >= 0.6 is 0 Å². The Morgan fingerprint density at radius 2 is 0.658 bits per heavy atom. The van der Waals surface area contributed by atoms with Gasteiger partial charge in [0.1, 0.15) is 0 Å². The first-order valence-electron chi connectivity index (χ1n) is 26.8. The monoisotopic (exact) mass is 971 g/mol. The third-order valence-corrected chi connectivity index (χ3v) is 17.9. The van der Waals surface area contributed by atoms with E-state index in [4.69, 9.17) is 0 Å². The third-order valence-electron chi connectivity index (χ3n) is 17.9. The van der Waals surface area contributed by atoms with Crippen LogP contribution < -0.4 is 9.80 Å². The van der Waals surface area contributed by atoms with Gasteiger partial charge < -0.3 is 14.4 Å². The van der Waals surface area contributed by atoms with Crippen LogP contribution in [0.2, 0.25) is 0 Å². The van der Waals surface area contributed by atoms with Crippen molar-refractivity contribution < 1.29 is 0 Å². The fourth-order valence-electron chi connectivity index (χ4n) is 14.6. The van der Waals surface area contributed by atoms with E-state index in [-0.39, 0.29) is 10.8 Å². The smallest absolute Gasteiger partial charge is 0.0756 e. The first-order chi connectivity index (χ1) is 37.2. The Morgan fingerprint density at radius 1 is 0.276 bits per heavy atom. The second-order valence-electron chi connectivity index (χ2n) is 22.4. The van der Waals surface area contributed by atoms with E-state index < -0.39 is 5.41 Å². The van der Waals surface area contributed by atoms with E-state index in [0.717, 1.165) is 34.1 Å². The molecule has 3 heteroatoms. The number of para-hydroxylation sites is 5. The number of fused-ring (bicyclic) bond motifs is 18. The fraction of sp³-hybridized carbons (Fsp3) is 0.0959. The van der Waals surface area contributed by atoms with Crippen molar-refractivity contribution in [2.24, 2.45) is 0 Å². The van der Waals surface area contributed by atoms with Crippen LogP contribution in [0.15, 0.2) is 249 Å². The highest BCUT2D eigenvalue weighted by atomic mass is 15.1. The molecular formula is C73H53N3. The molecule has 0 radical (unpaired) electrons. The Bertz CT molecular complexity index is 4220. The highest BCUT2D eigenvalue weighted by molar-refractivity contribution is 6.13. The van der Waals surface area contributed by atoms with Gasteiger partial charge in [0.25, 0.3) is 0 Å². The molecule has 0 saturated carbocycles. The van der Waals surface area contributed by atoms with E-state index in [1.807, 2.05) is 0 Å². The van der Waals surface area contributed by atoms with Crippen molar-refractivity contribution >= 4 is 55.9 Å². The molecule has 16 rings (SSSR count). The second kappa shape index (κ2) is 15.4. The SMILES string of the molecule is CC1(C)c2ccccc2-c2ccc(N(c3ccccc3)c3ccc4c(c3)C3(c5cc(N(c6ccccc6)c6ccc7c(c6)C(C)(C)c6ccccc6-7)ccc5-4)c4ccccc4-n4c5ccccc5c5cccc3c54)cc21. The molecular weight excluding hydrogens is 919 g/mol. The summed E-state index contributed by atoms with van der Waals surface area (Å²) < 4.78 is 2.55. The molecule has 3 nitrogen and oxygen atoms in total. The largest absolute Gasteiger partial charge is 0.310 e. The van der Waals surface area contributed by atoms with Crippen molar-refractivity contribution in [1.82, 2.24) is 4.57 Å². The Balaban J connectivity index is 0.965. The molecule has 0 fully saturated rings. The average Bonchev–Trinajstić information content (AvgIpc) is 4.27. The summed E-state index contributed by atoms with van der Waals surface area (Å²) >= 11 is 0. The molecule has 0 atom stereocenters. The summed E-state index contributed by atoms with van der Waals surface area (Å²) in [5, 5.41) is 2.53. The average molecular weight is 972 g/mol. The van der Waals surface area contributed by atoms with Crippen LogP contribution in [0.4, 0.5) is 34.1 Å². The van der Waals surface area contributed by atoms with Crippen molar-refractivity contribution in [1.29, 1.82) is 0 Å². The molecule has 0 amide bonds. The van der Waals surface area contributed by atoms with E-state index >= 15 is 0 Å². The van der Waals surface area contributed by atoms with Crippen molar-refractivity contribution in [2.45, 2.75) is 43.9 Å². The van der Waals surface area contributed by atoms with Crippen molar-refractivity contribution in [3.05, 3.63) is 293 Å². The molecule has 76 heavy (non-hydrogen) atoms. The van der Waals surface area contributed by atoms with E-state index in [9.17, 15) is 0 Å². The molecule has 1 aliphatic heterocycles. The minimum Gasteiger partial charge on any atom is -0.310 e. The van der Waals surface area contributed by atoms with Crippen LogP contribution in [0.1, 0.15) is 72.2 Å². The number of rotatable bonds is 6. The van der Waals surface area contributed by atoms with Gasteiger partial charge >= 0.3 is 0 Å². The normalized spacial score (nSPS) is 14.9. The Kier molecular flexibility index (Phi) is 8.79. The van der Waals surface area contributed by atoms with Crippen LogP contribution in [-0.2, 0) is 16.2 Å². The highest BCUT2D eigenvalue weighted by Gasteiger charge is 2.52. The molecule has 360 valence electrons. The van der Waals surface area contributed by atoms with Crippen LogP contribution in [0.5, 0.6) is 0 Å². The van der Waals surface area contributed by atoms with Crippen LogP contribution in [0.3, 0.4) is 0 Å². The van der Waals surface area contributed by atoms with E-state index in [0.29, 0.717) is 0 Å². The van der Waals surface area contributed by atoms with Gasteiger partial charge in [0.2, 0.25) is 0 Å². The maximum Gasteiger partial charge on any atom is 0.0756 e. The lowest BCUT2D eigenvalue weighted by molar-refractivity contribution is 0.660. The summed E-state index contributed by atoms with van der Waals surface area (Å²) in [7, 11) is 0. The molecule has 11 aromatic carbocycles. The number of anilines is 6. The van der Waals surface area contributed by atoms with Gasteiger partial charge in [0.05, 0.1) is 22.1 Å². The van der Waals surface area contributed by atoms with Crippen LogP contribution in [-0.4, -0.2) is 4.57 Å². The molecule has 0 saturated heterocycles. The zero-order valence-electron chi connectivity index (χ0n) is 43.0. The van der Waals surface area contributed by atoms with Crippen LogP contribution in [0, 0.1) is 0 Å². The third kappa shape index (κ3) is 5.62. The summed E-state index contributed by atoms with van der Waals surface area (Å²) in [5.74, 6) is 0. The maximum absolute atomic E-state index is 2.55. The van der Waals surface area contributed by atoms with Gasteiger partial charge in [-0.3, -0.25) is 0 Å². The van der Waals surface area contributed by atoms with Gasteiger partial charge in [-0.25, -0.2) is 0 Å². The zero-order chi connectivity index (χ0) is 50.7. The lowest BCUT2D eigenvalue weighted by Crippen LogP contribution is -2.33. The first kappa shape index (κ1) is 43.2. The molecule has 0 N–H and O–H groups in total. The van der Waals surface area contributed by atoms with Crippen molar-refractivity contribution in [3.63, 3.8) is 0 Å². The zero-order valence-corrected chi connectivity index (χ0v) is 43.0. The quantitative estimate of drug-likeness (QED) is 0.164. The molecule has 3 aliphatic carbocycles. The molecule has 0 unspecified atom stereocenters. The first-order valence-corrected chi connectivity index (χ1v) is 26.8. The molecule has 1 spiro atoms. The highest BCUT2D eigenvalue weighted by Crippen LogP contribution is 2.63. The molecule has 1 aromatic heterocycles. The molecule has 2 heterocycles. The van der Waals surface area contributed by atoms with Gasteiger partial charge in [0, 0.05) is 55.7 Å².